The van der Waals surface area contributed by atoms with Gasteiger partial charge in [-0.15, -0.1) is 0 Å². The van der Waals surface area contributed by atoms with Crippen LogP contribution in [0.25, 0.3) is 10.9 Å². The Balaban J connectivity index is 1.84. The van der Waals surface area contributed by atoms with E-state index >= 15 is 0 Å². The summed E-state index contributed by atoms with van der Waals surface area (Å²) in [6.07, 6.45) is 8.29. The van der Waals surface area contributed by atoms with Crippen molar-refractivity contribution in [3.05, 3.63) is 35.0 Å². The van der Waals surface area contributed by atoms with E-state index in [1.165, 1.54) is 54.1 Å². The Kier molecular flexibility index (Phi) is 3.53. The Morgan fingerprint density at radius 2 is 1.95 bits per heavy atom. The number of nitrogens with two attached hydrogens (primary N) is 1. The molecule has 1 heterocycles. The van der Waals surface area contributed by atoms with Gasteiger partial charge in [-0.3, -0.25) is 4.79 Å². The first-order valence-corrected chi connectivity index (χ1v) is 8.68. The molecule has 0 amide bonds. The van der Waals surface area contributed by atoms with Gasteiger partial charge in [-0.05, 0) is 48.4 Å². The summed E-state index contributed by atoms with van der Waals surface area (Å²) in [5.41, 5.74) is 10.6. The topological polar surface area (TPSA) is 48.0 Å². The highest BCUT2D eigenvalue weighted by Gasteiger charge is 2.28. The van der Waals surface area contributed by atoms with Crippen LogP contribution >= 0.6 is 0 Å². The highest BCUT2D eigenvalue weighted by Crippen LogP contribution is 2.38. The average Bonchev–Trinajstić information content (AvgIpc) is 3.08. The highest BCUT2D eigenvalue weighted by molar-refractivity contribution is 6.06. The number of carbonyl (C=O) groups excluding carboxylic acids is 1. The first-order chi connectivity index (χ1) is 10.8. The molecule has 0 radical (unpaired) electrons. The third-order valence-electron chi connectivity index (χ3n) is 5.49. The van der Waals surface area contributed by atoms with E-state index in [-0.39, 0.29) is 0 Å². The van der Waals surface area contributed by atoms with Gasteiger partial charge in [0.25, 0.3) is 0 Å². The minimum absolute atomic E-state index is 0.291. The summed E-state index contributed by atoms with van der Waals surface area (Å²) in [6.45, 7) is 1.31. The lowest BCUT2D eigenvalue weighted by molar-refractivity contribution is 0.0986. The molecule has 2 aliphatic carbocycles. The Hall–Kier alpha value is -1.61. The van der Waals surface area contributed by atoms with E-state index < -0.39 is 0 Å². The third kappa shape index (κ3) is 2.11. The van der Waals surface area contributed by atoms with Gasteiger partial charge >= 0.3 is 0 Å². The molecule has 0 bridgehead atoms. The van der Waals surface area contributed by atoms with Crippen LogP contribution in [0.4, 0.5) is 0 Å². The van der Waals surface area contributed by atoms with Gasteiger partial charge in [0.2, 0.25) is 0 Å². The lowest BCUT2D eigenvalue weighted by Gasteiger charge is -2.22. The normalized spacial score (nSPS) is 19.0. The maximum atomic E-state index is 12.3. The summed E-state index contributed by atoms with van der Waals surface area (Å²) < 4.78 is 2.16. The van der Waals surface area contributed by atoms with Gasteiger partial charge in [0.1, 0.15) is 0 Å². The molecule has 2 aliphatic rings. The quantitative estimate of drug-likeness (QED) is 0.937. The van der Waals surface area contributed by atoms with Gasteiger partial charge in [0.05, 0.1) is 5.69 Å². The number of rotatable bonds is 3. The summed E-state index contributed by atoms with van der Waals surface area (Å²) in [6, 6.07) is 6.88. The number of fused-ring (bicyclic) bond motifs is 3. The van der Waals surface area contributed by atoms with Crippen LogP contribution in [0.3, 0.4) is 0 Å². The van der Waals surface area contributed by atoms with E-state index in [9.17, 15) is 4.79 Å². The van der Waals surface area contributed by atoms with Gasteiger partial charge in [-0.25, -0.2) is 0 Å². The number of aromatic nitrogens is 1. The zero-order valence-corrected chi connectivity index (χ0v) is 13.1. The van der Waals surface area contributed by atoms with Gasteiger partial charge < -0.3 is 10.3 Å². The van der Waals surface area contributed by atoms with Crippen molar-refractivity contribution in [3.63, 3.8) is 0 Å². The zero-order valence-electron chi connectivity index (χ0n) is 13.1. The van der Waals surface area contributed by atoms with E-state index in [1.54, 1.807) is 0 Å². The predicted octanol–water partition coefficient (Wildman–Crippen LogP) is 3.78. The Morgan fingerprint density at radius 3 is 2.73 bits per heavy atom. The number of aryl methyl sites for hydroxylation is 1. The van der Waals surface area contributed by atoms with Crippen molar-refractivity contribution in [2.45, 2.75) is 57.4 Å². The molecule has 4 rings (SSSR count). The van der Waals surface area contributed by atoms with Crippen LogP contribution in [0.1, 0.15) is 66.1 Å². The molecule has 0 aliphatic heterocycles. The van der Waals surface area contributed by atoms with Crippen LogP contribution in [0.15, 0.2) is 18.2 Å². The summed E-state index contributed by atoms with van der Waals surface area (Å²) in [7, 11) is 0. The number of hydrogen-bond acceptors (Lipinski definition) is 2. The third-order valence-corrected chi connectivity index (χ3v) is 5.49. The molecule has 0 atom stereocenters. The van der Waals surface area contributed by atoms with Crippen LogP contribution < -0.4 is 5.73 Å². The number of hydrogen-bond donors (Lipinski definition) is 1. The molecular weight excluding hydrogens is 272 g/mol. The summed E-state index contributed by atoms with van der Waals surface area (Å²) in [4.78, 5) is 12.3. The molecule has 116 valence electrons. The lowest BCUT2D eigenvalue weighted by atomic mass is 9.83. The molecule has 0 unspecified atom stereocenters. The monoisotopic (exact) mass is 296 g/mol. The van der Waals surface area contributed by atoms with Crippen molar-refractivity contribution in [3.8, 4) is 0 Å². The first kappa shape index (κ1) is 14.0. The fraction of sp³-hybridized carbons (Fsp3) is 0.526. The van der Waals surface area contributed by atoms with Crippen LogP contribution in [-0.2, 0) is 13.0 Å². The van der Waals surface area contributed by atoms with E-state index in [0.29, 0.717) is 24.7 Å². The number of carbonyl (C=O) groups is 1. The largest absolute Gasteiger partial charge is 0.337 e. The molecule has 1 saturated carbocycles. The number of benzene rings is 1. The Morgan fingerprint density at radius 1 is 1.14 bits per heavy atom. The minimum Gasteiger partial charge on any atom is -0.337 e. The molecule has 2 aromatic rings. The lowest BCUT2D eigenvalue weighted by Crippen LogP contribution is -2.14. The van der Waals surface area contributed by atoms with Crippen molar-refractivity contribution in [2.24, 2.45) is 5.73 Å². The second-order valence-corrected chi connectivity index (χ2v) is 6.80. The molecule has 0 spiro atoms. The molecule has 22 heavy (non-hydrogen) atoms. The number of nitrogens with zero attached hydrogens (tertiary/aromatic N) is 1. The van der Waals surface area contributed by atoms with Crippen LogP contribution in [0, 0.1) is 0 Å². The maximum absolute atomic E-state index is 12.3. The maximum Gasteiger partial charge on any atom is 0.179 e. The van der Waals surface area contributed by atoms with Crippen molar-refractivity contribution < 1.29 is 4.79 Å². The number of ketones is 1. The molecule has 3 heteroatoms. The predicted molar refractivity (Wildman–Crippen MR) is 89.5 cm³/mol. The van der Waals surface area contributed by atoms with Crippen molar-refractivity contribution >= 4 is 16.7 Å². The Labute approximate surface area is 131 Å². The van der Waals surface area contributed by atoms with Gasteiger partial charge in [-0.1, -0.05) is 25.3 Å². The van der Waals surface area contributed by atoms with Crippen molar-refractivity contribution in [2.75, 3.05) is 6.54 Å². The molecule has 3 nitrogen and oxygen atoms in total. The minimum atomic E-state index is 0.291. The SMILES string of the molecule is NCCn1c2c(c3cc(C4CCCCC4)ccc31)CCC2=O. The van der Waals surface area contributed by atoms with Crippen LogP contribution in [-0.4, -0.2) is 16.9 Å². The molecule has 1 aromatic heterocycles. The zero-order chi connectivity index (χ0) is 15.1. The van der Waals surface area contributed by atoms with E-state index in [4.69, 9.17) is 5.73 Å². The molecule has 1 aromatic carbocycles. The molecule has 1 fully saturated rings. The standard InChI is InChI=1S/C19H24N2O/c20-10-11-21-17-8-6-14(13-4-2-1-3-5-13)12-16(17)15-7-9-18(22)19(15)21/h6,8,12-13H,1-5,7,9-11,20H2. The van der Waals surface area contributed by atoms with Crippen LogP contribution in [0.2, 0.25) is 0 Å². The van der Waals surface area contributed by atoms with Crippen molar-refractivity contribution in [1.82, 2.24) is 4.57 Å². The highest BCUT2D eigenvalue weighted by atomic mass is 16.1. The van der Waals surface area contributed by atoms with E-state index in [1.807, 2.05) is 0 Å². The second kappa shape index (κ2) is 5.54. The van der Waals surface area contributed by atoms with Gasteiger partial charge in [-0.2, -0.15) is 0 Å². The summed E-state index contributed by atoms with van der Waals surface area (Å²) in [5, 5.41) is 1.30. The van der Waals surface area contributed by atoms with Crippen molar-refractivity contribution in [1.29, 1.82) is 0 Å². The fourth-order valence-corrected chi connectivity index (χ4v) is 4.42. The number of Topliss-reactive ketones (excluding diaryl/α,β-unsaturated/α-hetero) is 1. The molecule has 2 N–H and O–H groups in total. The van der Waals surface area contributed by atoms with Crippen LogP contribution in [0.5, 0.6) is 0 Å². The fourth-order valence-electron chi connectivity index (χ4n) is 4.42. The Bertz CT molecular complexity index is 723. The van der Waals surface area contributed by atoms with E-state index in [0.717, 1.165) is 18.7 Å². The molecule has 0 saturated heterocycles. The average molecular weight is 296 g/mol. The summed E-state index contributed by atoms with van der Waals surface area (Å²) in [5.74, 6) is 1.00. The molecular formula is C19H24N2O. The summed E-state index contributed by atoms with van der Waals surface area (Å²) >= 11 is 0. The second-order valence-electron chi connectivity index (χ2n) is 6.80. The first-order valence-electron chi connectivity index (χ1n) is 8.68. The van der Waals surface area contributed by atoms with Gasteiger partial charge in [0.15, 0.2) is 5.78 Å². The van der Waals surface area contributed by atoms with E-state index in [2.05, 4.69) is 22.8 Å². The smallest absolute Gasteiger partial charge is 0.179 e. The van der Waals surface area contributed by atoms with Gasteiger partial charge in [0, 0.05) is 30.4 Å².